The highest BCUT2D eigenvalue weighted by Crippen LogP contribution is 2.13. The van der Waals surface area contributed by atoms with Crippen LogP contribution in [0.5, 0.6) is 0 Å². The fraction of sp³-hybridized carbons (Fsp3) is 0.600. The van der Waals surface area contributed by atoms with Crippen molar-refractivity contribution < 1.29 is 0 Å². The van der Waals surface area contributed by atoms with E-state index in [1.54, 1.807) is 0 Å². The van der Waals surface area contributed by atoms with Crippen LogP contribution in [0.25, 0.3) is 0 Å². The van der Waals surface area contributed by atoms with E-state index in [2.05, 4.69) is 33.4 Å². The summed E-state index contributed by atoms with van der Waals surface area (Å²) in [6.07, 6.45) is 5.80. The van der Waals surface area contributed by atoms with Crippen molar-refractivity contribution in [2.75, 3.05) is 0 Å². The lowest BCUT2D eigenvalue weighted by Crippen LogP contribution is -1.83. The Kier molecular flexibility index (Phi) is 5.00. The van der Waals surface area contributed by atoms with Gasteiger partial charge in [0.05, 0.1) is 0 Å². The minimum absolute atomic E-state index is 1.13. The topological polar surface area (TPSA) is 0 Å². The van der Waals surface area contributed by atoms with Crippen LogP contribution in [0, 0.1) is 0 Å². The molecule has 0 nitrogen and oxygen atoms in total. The lowest BCUT2D eigenvalue weighted by Gasteiger charge is -2.03. The molecule has 0 aliphatic carbocycles. The number of hydrogen-bond acceptors (Lipinski definition) is 0. The van der Waals surface area contributed by atoms with Gasteiger partial charge < -0.3 is 0 Å². The molecule has 0 rings (SSSR count). The van der Waals surface area contributed by atoms with Crippen molar-refractivity contribution in [2.24, 2.45) is 0 Å². The summed E-state index contributed by atoms with van der Waals surface area (Å²) >= 11 is 0. The molecule has 0 unspecified atom stereocenters. The molecule has 0 aliphatic rings. The third kappa shape index (κ3) is 3.49. The van der Waals surface area contributed by atoms with Crippen LogP contribution in [0.3, 0.4) is 0 Å². The van der Waals surface area contributed by atoms with Crippen LogP contribution < -0.4 is 0 Å². The van der Waals surface area contributed by atoms with Gasteiger partial charge in [-0.3, -0.25) is 0 Å². The Hall–Kier alpha value is -0.520. The van der Waals surface area contributed by atoms with E-state index < -0.39 is 0 Å². The largest absolute Gasteiger partial charge is 0.0958 e. The van der Waals surface area contributed by atoms with Crippen molar-refractivity contribution in [3.8, 4) is 0 Å². The molecule has 0 aliphatic heterocycles. The van der Waals surface area contributed by atoms with Crippen molar-refractivity contribution in [2.45, 2.75) is 40.0 Å². The highest BCUT2D eigenvalue weighted by atomic mass is 14.0. The Morgan fingerprint density at radius 2 is 2.00 bits per heavy atom. The number of allylic oxidation sites excluding steroid dienone is 3. The van der Waals surface area contributed by atoms with Gasteiger partial charge in [-0.2, -0.15) is 0 Å². The fourth-order valence-corrected chi connectivity index (χ4v) is 1.01. The van der Waals surface area contributed by atoms with Gasteiger partial charge in [0.25, 0.3) is 0 Å². The maximum atomic E-state index is 3.92. The molecule has 58 valence electrons. The summed E-state index contributed by atoms with van der Waals surface area (Å²) in [5.74, 6) is 0. The van der Waals surface area contributed by atoms with E-state index in [4.69, 9.17) is 0 Å². The first-order valence-electron chi connectivity index (χ1n) is 4.07. The standard InChI is InChI=1S/C10H18/c1-5-7-10(8-6-2)9(3)4/h7H,3,5-6,8H2,1-2,4H3/b10-7+. The van der Waals surface area contributed by atoms with Gasteiger partial charge in [0.2, 0.25) is 0 Å². The molecule has 0 saturated heterocycles. The molecule has 0 radical (unpaired) electrons. The molecule has 0 aromatic carbocycles. The van der Waals surface area contributed by atoms with E-state index in [0.717, 1.165) is 6.42 Å². The van der Waals surface area contributed by atoms with Crippen molar-refractivity contribution >= 4 is 0 Å². The van der Waals surface area contributed by atoms with E-state index in [1.807, 2.05) is 0 Å². The summed E-state index contributed by atoms with van der Waals surface area (Å²) in [6, 6.07) is 0. The maximum Gasteiger partial charge on any atom is -0.0282 e. The SMILES string of the molecule is C=C(C)/C(=C/CC)CCC. The molecule has 10 heavy (non-hydrogen) atoms. The van der Waals surface area contributed by atoms with Crippen molar-refractivity contribution in [1.29, 1.82) is 0 Å². The number of hydrogen-bond donors (Lipinski definition) is 0. The van der Waals surface area contributed by atoms with Crippen LogP contribution in [-0.4, -0.2) is 0 Å². The average Bonchev–Trinajstić information content (AvgIpc) is 1.87. The van der Waals surface area contributed by atoms with Gasteiger partial charge in [-0.05, 0) is 25.3 Å². The quantitative estimate of drug-likeness (QED) is 0.520. The molecule has 0 amide bonds. The molecule has 0 aromatic rings. The second kappa shape index (κ2) is 5.28. The molecule has 0 heterocycles. The van der Waals surface area contributed by atoms with Gasteiger partial charge in [-0.25, -0.2) is 0 Å². The third-order valence-corrected chi connectivity index (χ3v) is 1.52. The smallest absolute Gasteiger partial charge is 0.0282 e. The predicted octanol–water partition coefficient (Wildman–Crippen LogP) is 3.70. The Labute approximate surface area is 64.6 Å². The van der Waals surface area contributed by atoms with Crippen molar-refractivity contribution in [3.05, 3.63) is 23.8 Å². The summed E-state index contributed by atoms with van der Waals surface area (Å²) in [5, 5.41) is 0. The van der Waals surface area contributed by atoms with E-state index >= 15 is 0 Å². The monoisotopic (exact) mass is 138 g/mol. The second-order valence-corrected chi connectivity index (χ2v) is 2.67. The summed E-state index contributed by atoms with van der Waals surface area (Å²) < 4.78 is 0. The van der Waals surface area contributed by atoms with E-state index in [1.165, 1.54) is 24.0 Å². The Morgan fingerprint density at radius 1 is 1.40 bits per heavy atom. The Morgan fingerprint density at radius 3 is 2.30 bits per heavy atom. The highest BCUT2D eigenvalue weighted by molar-refractivity contribution is 5.25. The molecule has 0 bridgehead atoms. The molecular weight excluding hydrogens is 120 g/mol. The molecule has 0 aromatic heterocycles. The highest BCUT2D eigenvalue weighted by Gasteiger charge is 1.93. The average molecular weight is 138 g/mol. The van der Waals surface area contributed by atoms with E-state index in [0.29, 0.717) is 0 Å². The molecule has 0 atom stereocenters. The lowest BCUT2D eigenvalue weighted by atomic mass is 10.0. The minimum Gasteiger partial charge on any atom is -0.0958 e. The van der Waals surface area contributed by atoms with Crippen molar-refractivity contribution in [3.63, 3.8) is 0 Å². The third-order valence-electron chi connectivity index (χ3n) is 1.52. The van der Waals surface area contributed by atoms with Gasteiger partial charge in [-0.1, -0.05) is 38.5 Å². The van der Waals surface area contributed by atoms with Crippen LogP contribution in [0.2, 0.25) is 0 Å². The second-order valence-electron chi connectivity index (χ2n) is 2.67. The lowest BCUT2D eigenvalue weighted by molar-refractivity contribution is 0.903. The zero-order chi connectivity index (χ0) is 7.98. The van der Waals surface area contributed by atoms with Crippen LogP contribution in [-0.2, 0) is 0 Å². The normalized spacial score (nSPS) is 11.7. The summed E-state index contributed by atoms with van der Waals surface area (Å²) in [7, 11) is 0. The van der Waals surface area contributed by atoms with Gasteiger partial charge in [0, 0.05) is 0 Å². The van der Waals surface area contributed by atoms with Crippen LogP contribution in [0.15, 0.2) is 23.8 Å². The molecule has 0 fully saturated rings. The van der Waals surface area contributed by atoms with Gasteiger partial charge >= 0.3 is 0 Å². The summed E-state index contributed by atoms with van der Waals surface area (Å²) in [6.45, 7) is 10.4. The van der Waals surface area contributed by atoms with Gasteiger partial charge in [-0.15, -0.1) is 0 Å². The summed E-state index contributed by atoms with van der Waals surface area (Å²) in [5.41, 5.74) is 2.66. The Balaban J connectivity index is 3.98. The van der Waals surface area contributed by atoms with Crippen LogP contribution in [0.4, 0.5) is 0 Å². The minimum atomic E-state index is 1.13. The van der Waals surface area contributed by atoms with Crippen LogP contribution >= 0.6 is 0 Å². The maximum absolute atomic E-state index is 3.92. The first kappa shape index (κ1) is 9.48. The Bertz CT molecular complexity index is 129. The molecule has 0 spiro atoms. The molecular formula is C10H18. The number of rotatable bonds is 4. The zero-order valence-electron chi connectivity index (χ0n) is 7.41. The molecule has 0 N–H and O–H groups in total. The van der Waals surface area contributed by atoms with E-state index in [9.17, 15) is 0 Å². The van der Waals surface area contributed by atoms with Crippen molar-refractivity contribution in [1.82, 2.24) is 0 Å². The van der Waals surface area contributed by atoms with Gasteiger partial charge in [0.1, 0.15) is 0 Å². The fourth-order valence-electron chi connectivity index (χ4n) is 1.01. The molecule has 0 heteroatoms. The summed E-state index contributed by atoms with van der Waals surface area (Å²) in [4.78, 5) is 0. The predicted molar refractivity (Wildman–Crippen MR) is 48.1 cm³/mol. The zero-order valence-corrected chi connectivity index (χ0v) is 7.41. The van der Waals surface area contributed by atoms with Crippen LogP contribution in [0.1, 0.15) is 40.0 Å². The molecule has 0 saturated carbocycles. The first-order chi connectivity index (χ1) is 4.72. The van der Waals surface area contributed by atoms with E-state index in [-0.39, 0.29) is 0 Å². The van der Waals surface area contributed by atoms with Gasteiger partial charge in [0.15, 0.2) is 0 Å². The first-order valence-corrected chi connectivity index (χ1v) is 4.07.